The minimum absolute atomic E-state index is 0.0127. The Hall–Kier alpha value is -3.22. The molecule has 1 aliphatic rings. The summed E-state index contributed by atoms with van der Waals surface area (Å²) in [7, 11) is 1.54. The summed E-state index contributed by atoms with van der Waals surface area (Å²) in [6.45, 7) is 4.15. The third-order valence-electron chi connectivity index (χ3n) is 5.63. The van der Waals surface area contributed by atoms with Crippen LogP contribution in [0.15, 0.2) is 18.2 Å². The molecule has 0 aliphatic carbocycles. The molecular formula is C25H30O7. The second kappa shape index (κ2) is 10.4. The Morgan fingerprint density at radius 1 is 0.969 bits per heavy atom. The zero-order valence-corrected chi connectivity index (χ0v) is 18.8. The van der Waals surface area contributed by atoms with E-state index in [1.807, 2.05) is 6.92 Å². The summed E-state index contributed by atoms with van der Waals surface area (Å²) >= 11 is 0. The summed E-state index contributed by atoms with van der Waals surface area (Å²) in [5, 5.41) is 20.1. The highest BCUT2D eigenvalue weighted by atomic mass is 16.6. The molecule has 7 heteroatoms. The highest BCUT2D eigenvalue weighted by Crippen LogP contribution is 2.47. The van der Waals surface area contributed by atoms with E-state index in [-0.39, 0.29) is 22.8 Å². The van der Waals surface area contributed by atoms with Crippen molar-refractivity contribution in [2.24, 2.45) is 0 Å². The van der Waals surface area contributed by atoms with Crippen LogP contribution >= 0.6 is 0 Å². The van der Waals surface area contributed by atoms with Crippen LogP contribution in [0.2, 0.25) is 0 Å². The van der Waals surface area contributed by atoms with Crippen molar-refractivity contribution in [1.29, 1.82) is 0 Å². The molecule has 0 radical (unpaired) electrons. The largest absolute Gasteiger partial charge is 0.507 e. The van der Waals surface area contributed by atoms with E-state index in [2.05, 4.69) is 6.92 Å². The first-order chi connectivity index (χ1) is 15.4. The van der Waals surface area contributed by atoms with Crippen LogP contribution in [0.5, 0.6) is 28.7 Å². The molecule has 2 aromatic carbocycles. The number of aromatic hydroxyl groups is 1. The molecule has 172 valence electrons. The molecule has 1 heterocycles. The van der Waals surface area contributed by atoms with Crippen LogP contribution in [0.4, 0.5) is 0 Å². The fourth-order valence-corrected chi connectivity index (χ4v) is 3.99. The summed E-state index contributed by atoms with van der Waals surface area (Å²) in [5.41, 5.74) is 1.14. The van der Waals surface area contributed by atoms with Gasteiger partial charge in [-0.1, -0.05) is 39.5 Å². The monoisotopic (exact) mass is 442 g/mol. The van der Waals surface area contributed by atoms with Gasteiger partial charge < -0.3 is 24.4 Å². The zero-order chi connectivity index (χ0) is 23.3. The van der Waals surface area contributed by atoms with E-state index in [9.17, 15) is 19.8 Å². The molecular weight excluding hydrogens is 412 g/mol. The van der Waals surface area contributed by atoms with Gasteiger partial charge in [0.1, 0.15) is 28.4 Å². The number of rotatable bonds is 10. The van der Waals surface area contributed by atoms with E-state index in [1.54, 1.807) is 12.1 Å². The van der Waals surface area contributed by atoms with Crippen molar-refractivity contribution in [2.75, 3.05) is 7.11 Å². The van der Waals surface area contributed by atoms with Crippen LogP contribution in [0, 0.1) is 0 Å². The van der Waals surface area contributed by atoms with Crippen molar-refractivity contribution in [3.05, 3.63) is 40.5 Å². The minimum Gasteiger partial charge on any atom is -0.507 e. The SMILES string of the molecule is CCCCCc1cc(OC)cc2c1C(=O)Oc1cc(O)c(C(=O)O)c(CCCCC)c1O2. The number of carboxylic acid groups (broad SMARTS) is 1. The lowest BCUT2D eigenvalue weighted by Gasteiger charge is -2.17. The second-order valence-electron chi connectivity index (χ2n) is 7.95. The molecule has 0 saturated heterocycles. The van der Waals surface area contributed by atoms with E-state index in [0.717, 1.165) is 43.7 Å². The van der Waals surface area contributed by atoms with Gasteiger partial charge in [0.15, 0.2) is 11.5 Å². The molecule has 1 aliphatic heterocycles. The van der Waals surface area contributed by atoms with Gasteiger partial charge in [0.2, 0.25) is 0 Å². The first-order valence-electron chi connectivity index (χ1n) is 11.1. The molecule has 2 N–H and O–H groups in total. The summed E-state index contributed by atoms with van der Waals surface area (Å²) < 4.78 is 17.2. The van der Waals surface area contributed by atoms with Crippen molar-refractivity contribution in [1.82, 2.24) is 0 Å². The number of carboxylic acids is 1. The Morgan fingerprint density at radius 2 is 1.66 bits per heavy atom. The molecule has 0 saturated carbocycles. The van der Waals surface area contributed by atoms with E-state index in [0.29, 0.717) is 36.1 Å². The Labute approximate surface area is 187 Å². The fraction of sp³-hybridized carbons (Fsp3) is 0.440. The van der Waals surface area contributed by atoms with Crippen LogP contribution in [-0.2, 0) is 12.8 Å². The predicted molar refractivity (Wildman–Crippen MR) is 120 cm³/mol. The Balaban J connectivity index is 2.16. The molecule has 2 aromatic rings. The number of carbonyl (C=O) groups is 2. The molecule has 3 rings (SSSR count). The smallest absolute Gasteiger partial charge is 0.347 e. The maximum atomic E-state index is 13.1. The highest BCUT2D eigenvalue weighted by Gasteiger charge is 2.32. The number of aromatic carboxylic acids is 1. The van der Waals surface area contributed by atoms with Crippen molar-refractivity contribution in [2.45, 2.75) is 65.2 Å². The molecule has 0 unspecified atom stereocenters. The van der Waals surface area contributed by atoms with Crippen molar-refractivity contribution < 1.29 is 34.0 Å². The number of aryl methyl sites for hydroxylation is 1. The summed E-state index contributed by atoms with van der Waals surface area (Å²) in [4.78, 5) is 25.0. The van der Waals surface area contributed by atoms with Crippen molar-refractivity contribution in [3.8, 4) is 28.7 Å². The maximum absolute atomic E-state index is 13.1. The van der Waals surface area contributed by atoms with Gasteiger partial charge in [0, 0.05) is 17.7 Å². The molecule has 0 spiro atoms. The van der Waals surface area contributed by atoms with E-state index >= 15 is 0 Å². The number of benzene rings is 2. The number of hydrogen-bond acceptors (Lipinski definition) is 6. The average Bonchev–Trinajstić information content (AvgIpc) is 2.89. The van der Waals surface area contributed by atoms with Crippen LogP contribution < -0.4 is 14.2 Å². The quantitative estimate of drug-likeness (QED) is 0.269. The number of unbranched alkanes of at least 4 members (excludes halogenated alkanes) is 4. The van der Waals surface area contributed by atoms with Gasteiger partial charge in [-0.05, 0) is 37.3 Å². The molecule has 0 bridgehead atoms. The van der Waals surface area contributed by atoms with E-state index in [4.69, 9.17) is 14.2 Å². The molecule has 0 atom stereocenters. The van der Waals surface area contributed by atoms with Gasteiger partial charge in [-0.3, -0.25) is 0 Å². The zero-order valence-electron chi connectivity index (χ0n) is 18.8. The molecule has 0 amide bonds. The Morgan fingerprint density at radius 3 is 2.28 bits per heavy atom. The number of hydrogen-bond donors (Lipinski definition) is 2. The number of methoxy groups -OCH3 is 1. The normalized spacial score (nSPS) is 12.3. The summed E-state index contributed by atoms with van der Waals surface area (Å²) in [6.07, 6.45) is 6.50. The van der Waals surface area contributed by atoms with Gasteiger partial charge >= 0.3 is 11.9 Å². The number of esters is 1. The highest BCUT2D eigenvalue weighted by molar-refractivity contribution is 5.99. The first-order valence-corrected chi connectivity index (χ1v) is 11.1. The third kappa shape index (κ3) is 4.82. The second-order valence-corrected chi connectivity index (χ2v) is 7.95. The van der Waals surface area contributed by atoms with Crippen molar-refractivity contribution in [3.63, 3.8) is 0 Å². The predicted octanol–water partition coefficient (Wildman–Crippen LogP) is 5.89. The van der Waals surface area contributed by atoms with Crippen LogP contribution in [-0.4, -0.2) is 29.3 Å². The van der Waals surface area contributed by atoms with Crippen LogP contribution in [0.1, 0.15) is 84.2 Å². The van der Waals surface area contributed by atoms with E-state index in [1.165, 1.54) is 7.11 Å². The lowest BCUT2D eigenvalue weighted by molar-refractivity contribution is 0.0691. The van der Waals surface area contributed by atoms with Gasteiger partial charge in [0.05, 0.1) is 7.11 Å². The standard InChI is InChI=1S/C25H30O7/c1-4-6-8-10-15-12-16(30-3)13-19-21(15)25(29)32-20-14-18(26)22(24(27)28)17(23(20)31-19)11-9-7-5-2/h12-14,26H,4-11H2,1-3H3,(H,27,28). The summed E-state index contributed by atoms with van der Waals surface area (Å²) in [5.74, 6) is -1.35. The minimum atomic E-state index is -1.26. The van der Waals surface area contributed by atoms with Gasteiger partial charge in [-0.25, -0.2) is 9.59 Å². The maximum Gasteiger partial charge on any atom is 0.347 e. The van der Waals surface area contributed by atoms with Crippen molar-refractivity contribution >= 4 is 11.9 Å². The molecule has 32 heavy (non-hydrogen) atoms. The van der Waals surface area contributed by atoms with Gasteiger partial charge in [0.25, 0.3) is 0 Å². The molecule has 0 aromatic heterocycles. The number of phenols is 1. The lowest BCUT2D eigenvalue weighted by atomic mass is 9.98. The average molecular weight is 443 g/mol. The lowest BCUT2D eigenvalue weighted by Crippen LogP contribution is -2.11. The molecule has 7 nitrogen and oxygen atoms in total. The topological polar surface area (TPSA) is 102 Å². The van der Waals surface area contributed by atoms with E-state index < -0.39 is 17.7 Å². The number of fused-ring (bicyclic) bond motifs is 2. The van der Waals surface area contributed by atoms with Crippen LogP contribution in [0.3, 0.4) is 0 Å². The fourth-order valence-electron chi connectivity index (χ4n) is 3.99. The van der Waals surface area contributed by atoms with Crippen LogP contribution in [0.25, 0.3) is 0 Å². The summed E-state index contributed by atoms with van der Waals surface area (Å²) in [6, 6.07) is 4.55. The number of ether oxygens (including phenoxy) is 3. The van der Waals surface area contributed by atoms with Gasteiger partial charge in [-0.2, -0.15) is 0 Å². The molecule has 0 fully saturated rings. The third-order valence-corrected chi connectivity index (χ3v) is 5.63. The Kier molecular flexibility index (Phi) is 7.62. The first kappa shape index (κ1) is 23.4. The van der Waals surface area contributed by atoms with Gasteiger partial charge in [-0.15, -0.1) is 0 Å². The Bertz CT molecular complexity index is 1010. The number of carbonyl (C=O) groups excluding carboxylic acids is 1.